The van der Waals surface area contributed by atoms with Gasteiger partial charge in [-0.25, -0.2) is 14.1 Å². The van der Waals surface area contributed by atoms with E-state index < -0.39 is 28.6 Å². The number of amides is 4. The molecule has 1 aliphatic heterocycles. The van der Waals surface area contributed by atoms with E-state index in [0.29, 0.717) is 21.8 Å². The number of urea groups is 1. The summed E-state index contributed by atoms with van der Waals surface area (Å²) >= 11 is 0. The molecule has 34 heavy (non-hydrogen) atoms. The number of barbiturate groups is 1. The number of halogens is 1. The molecule has 10 heteroatoms. The first-order valence-electron chi connectivity index (χ1n) is 9.95. The minimum atomic E-state index is -1.04. The molecule has 1 heterocycles. The van der Waals surface area contributed by atoms with Crippen LogP contribution in [0.2, 0.25) is 0 Å². The topological polar surface area (TPSA) is 119 Å². The number of rotatable bonds is 6. The molecule has 4 rings (SSSR count). The summed E-state index contributed by atoms with van der Waals surface area (Å²) in [5.41, 5.74) is 0.426. The predicted octanol–water partition coefficient (Wildman–Crippen LogP) is 3.98. The summed E-state index contributed by atoms with van der Waals surface area (Å²) in [7, 11) is 0. The largest absolute Gasteiger partial charge is 0.489 e. The molecular weight excluding hydrogens is 445 g/mol. The lowest BCUT2D eigenvalue weighted by Crippen LogP contribution is -2.54. The second kappa shape index (κ2) is 9.33. The van der Waals surface area contributed by atoms with Crippen molar-refractivity contribution in [3.8, 4) is 5.75 Å². The Morgan fingerprint density at radius 1 is 1.00 bits per heavy atom. The monoisotopic (exact) mass is 461 g/mol. The number of nitro benzene ring substituents is 1. The van der Waals surface area contributed by atoms with Gasteiger partial charge in [-0.3, -0.25) is 25.0 Å². The molecule has 1 N–H and O–H groups in total. The van der Waals surface area contributed by atoms with E-state index in [1.165, 1.54) is 36.4 Å². The van der Waals surface area contributed by atoms with Gasteiger partial charge in [0.2, 0.25) is 0 Å². The van der Waals surface area contributed by atoms with Gasteiger partial charge >= 0.3 is 6.03 Å². The van der Waals surface area contributed by atoms with Crippen molar-refractivity contribution in [3.05, 3.63) is 105 Å². The van der Waals surface area contributed by atoms with Crippen molar-refractivity contribution in [2.75, 3.05) is 4.90 Å². The Morgan fingerprint density at radius 3 is 2.44 bits per heavy atom. The summed E-state index contributed by atoms with van der Waals surface area (Å²) in [6.07, 6.45) is 1.28. The van der Waals surface area contributed by atoms with Crippen molar-refractivity contribution in [2.24, 2.45) is 0 Å². The first-order chi connectivity index (χ1) is 16.3. The molecule has 0 unspecified atom stereocenters. The normalized spacial score (nSPS) is 14.8. The minimum absolute atomic E-state index is 0.0404. The van der Waals surface area contributed by atoms with Crippen molar-refractivity contribution in [3.63, 3.8) is 0 Å². The highest BCUT2D eigenvalue weighted by Gasteiger charge is 2.37. The molecule has 1 aliphatic rings. The summed E-state index contributed by atoms with van der Waals surface area (Å²) in [5.74, 6) is -2.18. The zero-order chi connectivity index (χ0) is 24.2. The third-order valence-electron chi connectivity index (χ3n) is 4.91. The van der Waals surface area contributed by atoms with Gasteiger partial charge in [-0.05, 0) is 41.5 Å². The van der Waals surface area contributed by atoms with Crippen LogP contribution in [0.4, 0.5) is 20.6 Å². The highest BCUT2D eigenvalue weighted by atomic mass is 19.1. The maximum Gasteiger partial charge on any atom is 0.336 e. The number of carbonyl (C=O) groups excluding carboxylic acids is 3. The Hall–Kier alpha value is -4.86. The molecule has 3 aromatic rings. The fraction of sp³-hybridized carbons (Fsp3) is 0.0417. The molecule has 0 atom stereocenters. The van der Waals surface area contributed by atoms with Crippen LogP contribution in [0.3, 0.4) is 0 Å². The maximum atomic E-state index is 14.1. The van der Waals surface area contributed by atoms with Gasteiger partial charge in [0.15, 0.2) is 0 Å². The number of benzene rings is 3. The van der Waals surface area contributed by atoms with E-state index in [4.69, 9.17) is 4.74 Å². The maximum absolute atomic E-state index is 14.1. The van der Waals surface area contributed by atoms with Gasteiger partial charge in [-0.1, -0.05) is 36.4 Å². The summed E-state index contributed by atoms with van der Waals surface area (Å²) in [6.45, 7) is 0.0999. The summed E-state index contributed by atoms with van der Waals surface area (Å²) in [5, 5.41) is 12.9. The van der Waals surface area contributed by atoms with E-state index >= 15 is 0 Å². The van der Waals surface area contributed by atoms with Gasteiger partial charge in [0.05, 0.1) is 10.6 Å². The van der Waals surface area contributed by atoms with Crippen molar-refractivity contribution < 1.29 is 28.4 Å². The predicted molar refractivity (Wildman–Crippen MR) is 119 cm³/mol. The van der Waals surface area contributed by atoms with E-state index in [2.05, 4.69) is 0 Å². The van der Waals surface area contributed by atoms with E-state index in [1.54, 1.807) is 36.4 Å². The number of nitrogens with zero attached hydrogens (tertiary/aromatic N) is 2. The molecule has 0 aliphatic carbocycles. The third kappa shape index (κ3) is 4.65. The SMILES string of the molecule is O=C1NC(=O)N(c2ccccc2F)C(=O)/C1=C\c1ccc(OCc2cccc([N+](=O)[O-])c2)cc1. The number of ether oxygens (including phenoxy) is 1. The van der Waals surface area contributed by atoms with E-state index in [-0.39, 0.29) is 23.6 Å². The van der Waals surface area contributed by atoms with Gasteiger partial charge in [0.25, 0.3) is 17.5 Å². The second-order valence-corrected chi connectivity index (χ2v) is 7.19. The molecule has 0 saturated carbocycles. The molecule has 0 spiro atoms. The summed E-state index contributed by atoms with van der Waals surface area (Å²) < 4.78 is 19.8. The molecule has 1 saturated heterocycles. The minimum Gasteiger partial charge on any atom is -0.489 e. The van der Waals surface area contributed by atoms with Crippen LogP contribution in [-0.2, 0) is 16.2 Å². The van der Waals surface area contributed by atoms with Crippen LogP contribution in [0.5, 0.6) is 5.75 Å². The zero-order valence-electron chi connectivity index (χ0n) is 17.4. The lowest BCUT2D eigenvalue weighted by atomic mass is 10.1. The number of hydrogen-bond acceptors (Lipinski definition) is 6. The molecule has 9 nitrogen and oxygen atoms in total. The van der Waals surface area contributed by atoms with Crippen LogP contribution in [0.1, 0.15) is 11.1 Å². The summed E-state index contributed by atoms with van der Waals surface area (Å²) in [4.78, 5) is 48.2. The van der Waals surface area contributed by atoms with Crippen LogP contribution in [0.15, 0.2) is 78.4 Å². The molecule has 0 radical (unpaired) electrons. The van der Waals surface area contributed by atoms with Gasteiger partial charge in [-0.15, -0.1) is 0 Å². The lowest BCUT2D eigenvalue weighted by Gasteiger charge is -2.26. The smallest absolute Gasteiger partial charge is 0.336 e. The van der Waals surface area contributed by atoms with Crippen molar-refractivity contribution in [2.45, 2.75) is 6.61 Å². The number of non-ortho nitro benzene ring substituents is 1. The zero-order valence-corrected chi connectivity index (χ0v) is 17.4. The number of para-hydroxylation sites is 1. The first-order valence-corrected chi connectivity index (χ1v) is 9.95. The summed E-state index contributed by atoms with van der Waals surface area (Å²) in [6, 6.07) is 16.6. The van der Waals surface area contributed by atoms with E-state index in [1.807, 2.05) is 5.32 Å². The number of imide groups is 2. The molecule has 3 aromatic carbocycles. The quantitative estimate of drug-likeness (QED) is 0.257. The van der Waals surface area contributed by atoms with Crippen LogP contribution >= 0.6 is 0 Å². The number of nitrogens with one attached hydrogen (secondary N) is 1. The first kappa shape index (κ1) is 22.3. The lowest BCUT2D eigenvalue weighted by molar-refractivity contribution is -0.384. The van der Waals surface area contributed by atoms with Gasteiger partial charge in [0, 0.05) is 12.1 Å². The Bertz CT molecular complexity index is 1340. The van der Waals surface area contributed by atoms with Crippen LogP contribution < -0.4 is 15.0 Å². The van der Waals surface area contributed by atoms with Crippen LogP contribution in [0.25, 0.3) is 6.08 Å². The van der Waals surface area contributed by atoms with E-state index in [9.17, 15) is 28.9 Å². The number of nitro groups is 1. The number of anilines is 1. The number of hydrogen-bond donors (Lipinski definition) is 1. The fourth-order valence-corrected chi connectivity index (χ4v) is 3.26. The van der Waals surface area contributed by atoms with Crippen molar-refractivity contribution >= 4 is 35.3 Å². The highest BCUT2D eigenvalue weighted by molar-refractivity contribution is 6.39. The van der Waals surface area contributed by atoms with Crippen molar-refractivity contribution in [1.29, 1.82) is 0 Å². The van der Waals surface area contributed by atoms with Gasteiger partial charge < -0.3 is 4.74 Å². The molecule has 0 aromatic heterocycles. The third-order valence-corrected chi connectivity index (χ3v) is 4.91. The molecule has 1 fully saturated rings. The van der Waals surface area contributed by atoms with Crippen LogP contribution in [-0.4, -0.2) is 22.8 Å². The number of carbonyl (C=O) groups is 3. The van der Waals surface area contributed by atoms with Crippen LogP contribution in [0, 0.1) is 15.9 Å². The standard InChI is InChI=1S/C24H16FN3O6/c25-20-6-1-2-7-21(20)27-23(30)19(22(29)26-24(27)31)13-15-8-10-18(11-9-15)34-14-16-4-3-5-17(12-16)28(32)33/h1-13H,14H2,(H,26,29,31)/b19-13-. The second-order valence-electron chi connectivity index (χ2n) is 7.19. The Morgan fingerprint density at radius 2 is 1.74 bits per heavy atom. The Balaban J connectivity index is 1.51. The highest BCUT2D eigenvalue weighted by Crippen LogP contribution is 2.25. The average Bonchev–Trinajstić information content (AvgIpc) is 2.82. The molecule has 0 bridgehead atoms. The van der Waals surface area contributed by atoms with E-state index in [0.717, 1.165) is 6.07 Å². The van der Waals surface area contributed by atoms with Gasteiger partial charge in [-0.2, -0.15) is 0 Å². The molecular formula is C24H16FN3O6. The molecule has 170 valence electrons. The molecule has 4 amide bonds. The fourth-order valence-electron chi connectivity index (χ4n) is 3.26. The van der Waals surface area contributed by atoms with Gasteiger partial charge in [0.1, 0.15) is 23.7 Å². The Kier molecular flexibility index (Phi) is 6.13. The van der Waals surface area contributed by atoms with Crippen molar-refractivity contribution in [1.82, 2.24) is 5.32 Å². The average molecular weight is 461 g/mol. The Labute approximate surface area is 192 Å².